The number of amides is 1. The summed E-state index contributed by atoms with van der Waals surface area (Å²) >= 11 is 6.06. The van der Waals surface area contributed by atoms with E-state index >= 15 is 0 Å². The summed E-state index contributed by atoms with van der Waals surface area (Å²) in [6, 6.07) is 24.3. The highest BCUT2D eigenvalue weighted by molar-refractivity contribution is 6.38. The smallest absolute Gasteiger partial charge is 0.337 e. The van der Waals surface area contributed by atoms with Crippen molar-refractivity contribution in [3.8, 4) is 5.69 Å². The minimum Gasteiger partial charge on any atom is -0.478 e. The average Bonchev–Trinajstić information content (AvgIpc) is 3.27. The number of fused-ring (bicyclic) bond motifs is 1. The second-order valence-electron chi connectivity index (χ2n) is 8.18. The molecule has 0 bridgehead atoms. The van der Waals surface area contributed by atoms with Crippen LogP contribution in [-0.4, -0.2) is 21.6 Å². The van der Waals surface area contributed by atoms with Gasteiger partial charge in [0.15, 0.2) is 0 Å². The van der Waals surface area contributed by atoms with Gasteiger partial charge in [0, 0.05) is 28.3 Å². The van der Waals surface area contributed by atoms with Gasteiger partial charge >= 0.3 is 5.97 Å². The lowest BCUT2D eigenvalue weighted by Gasteiger charge is -2.16. The van der Waals surface area contributed by atoms with Gasteiger partial charge in [-0.1, -0.05) is 48.0 Å². The Bertz CT molecular complexity index is 1490. The van der Waals surface area contributed by atoms with Crippen LogP contribution in [0.15, 0.2) is 78.9 Å². The number of aryl methyl sites for hydroxylation is 1. The zero-order valence-corrected chi connectivity index (χ0v) is 19.4. The lowest BCUT2D eigenvalue weighted by atomic mass is 10.0. The van der Waals surface area contributed by atoms with Crippen molar-refractivity contribution in [3.63, 3.8) is 0 Å². The van der Waals surface area contributed by atoms with Gasteiger partial charge < -0.3 is 9.67 Å². The average molecular weight is 469 g/mol. The fraction of sp³-hybridized carbons (Fsp3) is 0.0714. The molecule has 5 nitrogen and oxygen atoms in total. The van der Waals surface area contributed by atoms with Crippen LogP contribution in [0, 0.1) is 13.8 Å². The summed E-state index contributed by atoms with van der Waals surface area (Å²) in [4.78, 5) is 26.9. The molecule has 1 N–H and O–H groups in total. The summed E-state index contributed by atoms with van der Waals surface area (Å²) in [6.45, 7) is 3.90. The number of anilines is 2. The van der Waals surface area contributed by atoms with Crippen LogP contribution in [0.3, 0.4) is 0 Å². The number of carbonyl (C=O) groups is 2. The lowest BCUT2D eigenvalue weighted by Crippen LogP contribution is -2.20. The van der Waals surface area contributed by atoms with Gasteiger partial charge in [-0.2, -0.15) is 0 Å². The molecule has 0 saturated carbocycles. The maximum absolute atomic E-state index is 13.6. The van der Waals surface area contributed by atoms with E-state index in [0.717, 1.165) is 33.9 Å². The zero-order valence-electron chi connectivity index (χ0n) is 18.6. The highest BCUT2D eigenvalue weighted by Crippen LogP contribution is 2.42. The minimum atomic E-state index is -1.08. The van der Waals surface area contributed by atoms with Crippen molar-refractivity contribution in [1.29, 1.82) is 0 Å². The van der Waals surface area contributed by atoms with Crippen LogP contribution in [0.1, 0.15) is 32.9 Å². The van der Waals surface area contributed by atoms with Crippen molar-refractivity contribution in [3.05, 3.63) is 112 Å². The van der Waals surface area contributed by atoms with Gasteiger partial charge in [-0.3, -0.25) is 9.69 Å². The van der Waals surface area contributed by atoms with Crippen LogP contribution in [0.5, 0.6) is 0 Å². The molecule has 5 rings (SSSR count). The highest BCUT2D eigenvalue weighted by atomic mass is 35.5. The molecule has 0 atom stereocenters. The Morgan fingerprint density at radius 1 is 0.912 bits per heavy atom. The highest BCUT2D eigenvalue weighted by Gasteiger charge is 2.33. The van der Waals surface area contributed by atoms with Crippen molar-refractivity contribution >= 4 is 46.5 Å². The number of rotatable bonds is 4. The maximum atomic E-state index is 13.6. The van der Waals surface area contributed by atoms with Crippen LogP contribution in [-0.2, 0) is 4.79 Å². The Morgan fingerprint density at radius 3 is 2.35 bits per heavy atom. The third-order valence-electron chi connectivity index (χ3n) is 6.09. The molecular weight excluding hydrogens is 448 g/mol. The molecular formula is C28H21ClN2O3. The number of hydrogen-bond acceptors (Lipinski definition) is 2. The molecule has 34 heavy (non-hydrogen) atoms. The van der Waals surface area contributed by atoms with E-state index in [0.29, 0.717) is 11.3 Å². The van der Waals surface area contributed by atoms with Gasteiger partial charge in [0.05, 0.1) is 21.8 Å². The number of halogens is 1. The first-order chi connectivity index (χ1) is 16.4. The quantitative estimate of drug-likeness (QED) is 0.340. The molecule has 0 unspecified atom stereocenters. The van der Waals surface area contributed by atoms with E-state index in [2.05, 4.69) is 0 Å². The molecule has 0 spiro atoms. The number of carboxylic acids is 1. The predicted molar refractivity (Wildman–Crippen MR) is 135 cm³/mol. The Balaban J connectivity index is 1.62. The molecule has 1 amide bonds. The van der Waals surface area contributed by atoms with Crippen LogP contribution in [0.2, 0.25) is 5.02 Å². The number of carboxylic acid groups (broad SMARTS) is 1. The third-order valence-corrected chi connectivity index (χ3v) is 6.42. The number of benzene rings is 3. The van der Waals surface area contributed by atoms with Crippen molar-refractivity contribution in [2.75, 3.05) is 4.90 Å². The van der Waals surface area contributed by atoms with Gasteiger partial charge in [0.1, 0.15) is 0 Å². The molecule has 2 heterocycles. The Hall–Kier alpha value is -4.09. The van der Waals surface area contributed by atoms with E-state index in [4.69, 9.17) is 11.6 Å². The van der Waals surface area contributed by atoms with E-state index in [1.807, 2.05) is 85.2 Å². The summed E-state index contributed by atoms with van der Waals surface area (Å²) in [5.74, 6) is -1.16. The normalized spacial score (nSPS) is 14.0. The zero-order chi connectivity index (χ0) is 24.0. The van der Waals surface area contributed by atoms with Crippen LogP contribution < -0.4 is 4.90 Å². The van der Waals surface area contributed by atoms with E-state index in [9.17, 15) is 14.7 Å². The number of aromatic nitrogens is 1. The first-order valence-corrected chi connectivity index (χ1v) is 11.2. The fourth-order valence-corrected chi connectivity index (χ4v) is 4.72. The summed E-state index contributed by atoms with van der Waals surface area (Å²) in [5.41, 5.74) is 6.60. The molecule has 0 aliphatic carbocycles. The van der Waals surface area contributed by atoms with E-state index in [1.54, 1.807) is 23.1 Å². The maximum Gasteiger partial charge on any atom is 0.337 e. The first-order valence-electron chi connectivity index (χ1n) is 10.8. The molecule has 4 aromatic rings. The van der Waals surface area contributed by atoms with Gasteiger partial charge in [-0.15, -0.1) is 0 Å². The van der Waals surface area contributed by atoms with Crippen molar-refractivity contribution < 1.29 is 14.7 Å². The summed E-state index contributed by atoms with van der Waals surface area (Å²) in [6.07, 6.45) is 1.91. The second kappa shape index (κ2) is 8.36. The number of para-hydroxylation sites is 2. The van der Waals surface area contributed by atoms with E-state index < -0.39 is 5.97 Å². The Morgan fingerprint density at radius 2 is 1.62 bits per heavy atom. The van der Waals surface area contributed by atoms with Gasteiger partial charge in [0.2, 0.25) is 0 Å². The molecule has 168 valence electrons. The van der Waals surface area contributed by atoms with Crippen LogP contribution in [0.4, 0.5) is 11.4 Å². The Kier molecular flexibility index (Phi) is 5.34. The predicted octanol–water partition coefficient (Wildman–Crippen LogP) is 6.66. The standard InChI is InChI=1S/C28H21ClN2O3/c1-17-14-19(18(2)30(17)21-12-13-25(29)24(16-21)28(33)34)15-23-22-10-6-7-11-26(22)31(27(23)32)20-8-4-3-5-9-20/h3-16H,1-2H3,(H,33,34)/b23-15+. The molecule has 1 aliphatic rings. The van der Waals surface area contributed by atoms with Crippen molar-refractivity contribution in [2.45, 2.75) is 13.8 Å². The largest absolute Gasteiger partial charge is 0.478 e. The SMILES string of the molecule is Cc1cc(/C=C2/C(=O)N(c3ccccc3)c3ccccc32)c(C)n1-c1ccc(Cl)c(C(=O)O)c1. The number of aromatic carboxylic acids is 1. The first kappa shape index (κ1) is 21.7. The molecule has 0 saturated heterocycles. The number of carbonyl (C=O) groups excluding carboxylic acids is 1. The molecule has 3 aromatic carbocycles. The molecule has 1 aliphatic heterocycles. The second-order valence-corrected chi connectivity index (χ2v) is 8.59. The molecule has 1 aromatic heterocycles. The molecule has 0 fully saturated rings. The summed E-state index contributed by atoms with van der Waals surface area (Å²) < 4.78 is 1.97. The molecule has 6 heteroatoms. The lowest BCUT2D eigenvalue weighted by molar-refractivity contribution is -0.112. The van der Waals surface area contributed by atoms with E-state index in [-0.39, 0.29) is 16.5 Å². The number of hydrogen-bond donors (Lipinski definition) is 1. The van der Waals surface area contributed by atoms with Gasteiger partial charge in [-0.05, 0) is 68.0 Å². The Labute approximate surface area is 202 Å². The van der Waals surface area contributed by atoms with Gasteiger partial charge in [-0.25, -0.2) is 4.79 Å². The third kappa shape index (κ3) is 3.51. The molecule has 0 radical (unpaired) electrons. The van der Waals surface area contributed by atoms with Crippen LogP contribution in [0.25, 0.3) is 17.3 Å². The fourth-order valence-electron chi connectivity index (χ4n) is 4.52. The summed E-state index contributed by atoms with van der Waals surface area (Å²) in [5, 5.41) is 9.66. The summed E-state index contributed by atoms with van der Waals surface area (Å²) in [7, 11) is 0. The van der Waals surface area contributed by atoms with E-state index in [1.165, 1.54) is 0 Å². The minimum absolute atomic E-state index is 0.0463. The van der Waals surface area contributed by atoms with Crippen molar-refractivity contribution in [1.82, 2.24) is 4.57 Å². The number of nitrogens with zero attached hydrogens (tertiary/aromatic N) is 2. The topological polar surface area (TPSA) is 62.5 Å². The monoisotopic (exact) mass is 468 g/mol. The van der Waals surface area contributed by atoms with Crippen molar-refractivity contribution in [2.24, 2.45) is 0 Å². The van der Waals surface area contributed by atoms with Crippen LogP contribution >= 0.6 is 11.6 Å². The van der Waals surface area contributed by atoms with Gasteiger partial charge in [0.25, 0.3) is 5.91 Å².